The number of thioether (sulfide) groups is 1. The fourth-order valence-corrected chi connectivity index (χ4v) is 2.55. The van der Waals surface area contributed by atoms with Gasteiger partial charge in [0.1, 0.15) is 5.82 Å². The molecule has 0 saturated carbocycles. The highest BCUT2D eigenvalue weighted by Crippen LogP contribution is 2.14. The van der Waals surface area contributed by atoms with E-state index >= 15 is 0 Å². The van der Waals surface area contributed by atoms with Gasteiger partial charge in [0.25, 0.3) is 0 Å². The van der Waals surface area contributed by atoms with Gasteiger partial charge in [-0.15, -0.1) is 11.8 Å². The van der Waals surface area contributed by atoms with Crippen molar-refractivity contribution in [1.82, 2.24) is 0 Å². The molecule has 0 saturated heterocycles. The number of hydrogen-bond donors (Lipinski definition) is 2. The molecule has 2 aromatic rings. The van der Waals surface area contributed by atoms with Crippen molar-refractivity contribution in [2.24, 2.45) is 0 Å². The Labute approximate surface area is 127 Å². The summed E-state index contributed by atoms with van der Waals surface area (Å²) in [7, 11) is 0. The molecule has 0 heterocycles. The number of carbonyl (C=O) groups excluding carboxylic acids is 1. The Morgan fingerprint density at radius 3 is 2.52 bits per heavy atom. The number of amides is 1. The van der Waals surface area contributed by atoms with Gasteiger partial charge in [0.15, 0.2) is 0 Å². The van der Waals surface area contributed by atoms with Crippen LogP contribution >= 0.6 is 11.8 Å². The number of carbonyl (C=O) groups is 1. The van der Waals surface area contributed by atoms with Crippen LogP contribution in [0.3, 0.4) is 0 Å². The standard InChI is InChI=1S/C16H16FNO2S/c17-14-2-1-3-15(8-14)18-16(20)11-21-10-13-6-4-12(9-19)5-7-13/h1-8,19H,9-11H2,(H,18,20). The molecule has 2 aromatic carbocycles. The summed E-state index contributed by atoms with van der Waals surface area (Å²) >= 11 is 1.48. The van der Waals surface area contributed by atoms with Crippen LogP contribution in [-0.2, 0) is 17.2 Å². The Hall–Kier alpha value is -1.85. The molecule has 0 aromatic heterocycles. The monoisotopic (exact) mass is 305 g/mol. The first-order valence-corrected chi connectivity index (χ1v) is 7.64. The summed E-state index contributed by atoms with van der Waals surface area (Å²) in [6, 6.07) is 13.4. The third-order valence-electron chi connectivity index (χ3n) is 2.82. The van der Waals surface area contributed by atoms with Gasteiger partial charge in [0, 0.05) is 11.4 Å². The molecule has 110 valence electrons. The molecule has 5 heteroatoms. The predicted molar refractivity (Wildman–Crippen MR) is 83.6 cm³/mol. The number of rotatable bonds is 6. The molecular formula is C16H16FNO2S. The molecule has 0 aliphatic heterocycles. The molecule has 0 unspecified atom stereocenters. The SMILES string of the molecule is O=C(CSCc1ccc(CO)cc1)Nc1cccc(F)c1. The first-order chi connectivity index (χ1) is 10.2. The van der Waals surface area contributed by atoms with Gasteiger partial charge in [-0.2, -0.15) is 0 Å². The van der Waals surface area contributed by atoms with E-state index in [0.717, 1.165) is 11.1 Å². The van der Waals surface area contributed by atoms with Gasteiger partial charge < -0.3 is 10.4 Å². The Bertz CT molecular complexity index is 601. The lowest BCUT2D eigenvalue weighted by molar-refractivity contribution is -0.113. The maximum absolute atomic E-state index is 13.0. The van der Waals surface area contributed by atoms with Crippen LogP contribution in [0.15, 0.2) is 48.5 Å². The van der Waals surface area contributed by atoms with Crippen molar-refractivity contribution in [1.29, 1.82) is 0 Å². The summed E-state index contributed by atoms with van der Waals surface area (Å²) in [6.07, 6.45) is 0. The van der Waals surface area contributed by atoms with E-state index in [1.165, 1.54) is 23.9 Å². The average Bonchev–Trinajstić information content (AvgIpc) is 2.48. The number of aliphatic hydroxyl groups excluding tert-OH is 1. The maximum Gasteiger partial charge on any atom is 0.234 e. The van der Waals surface area contributed by atoms with Crippen molar-refractivity contribution >= 4 is 23.4 Å². The lowest BCUT2D eigenvalue weighted by atomic mass is 10.2. The highest BCUT2D eigenvalue weighted by molar-refractivity contribution is 7.99. The summed E-state index contributed by atoms with van der Waals surface area (Å²) < 4.78 is 13.0. The molecule has 0 spiro atoms. The average molecular weight is 305 g/mol. The van der Waals surface area contributed by atoms with Crippen LogP contribution in [-0.4, -0.2) is 16.8 Å². The molecule has 2 rings (SSSR count). The molecule has 0 bridgehead atoms. The first kappa shape index (κ1) is 15.5. The van der Waals surface area contributed by atoms with Crippen molar-refractivity contribution in [3.8, 4) is 0 Å². The third kappa shape index (κ3) is 5.21. The van der Waals surface area contributed by atoms with E-state index in [2.05, 4.69) is 5.32 Å². The number of halogens is 1. The van der Waals surface area contributed by atoms with Gasteiger partial charge >= 0.3 is 0 Å². The highest BCUT2D eigenvalue weighted by atomic mass is 32.2. The van der Waals surface area contributed by atoms with Crippen LogP contribution < -0.4 is 5.32 Å². The van der Waals surface area contributed by atoms with E-state index < -0.39 is 0 Å². The summed E-state index contributed by atoms with van der Waals surface area (Å²) in [6.45, 7) is 0.0312. The molecule has 0 aliphatic rings. The summed E-state index contributed by atoms with van der Waals surface area (Å²) in [5.41, 5.74) is 2.43. The molecular weight excluding hydrogens is 289 g/mol. The number of benzene rings is 2. The number of nitrogens with one attached hydrogen (secondary N) is 1. The van der Waals surface area contributed by atoms with Crippen LogP contribution in [0.2, 0.25) is 0 Å². The normalized spacial score (nSPS) is 10.4. The Morgan fingerprint density at radius 1 is 1.14 bits per heavy atom. The fourth-order valence-electron chi connectivity index (χ4n) is 1.77. The topological polar surface area (TPSA) is 49.3 Å². The van der Waals surface area contributed by atoms with Crippen molar-refractivity contribution in [2.75, 3.05) is 11.1 Å². The lowest BCUT2D eigenvalue weighted by Gasteiger charge is -2.06. The zero-order valence-corrected chi connectivity index (χ0v) is 12.2. The fraction of sp³-hybridized carbons (Fsp3) is 0.188. The molecule has 21 heavy (non-hydrogen) atoms. The molecule has 1 amide bonds. The second kappa shape index (κ2) is 7.81. The van der Waals surface area contributed by atoms with E-state index in [4.69, 9.17) is 5.11 Å². The Balaban J connectivity index is 1.76. The minimum atomic E-state index is -0.371. The lowest BCUT2D eigenvalue weighted by Crippen LogP contribution is -2.14. The molecule has 2 N–H and O–H groups in total. The third-order valence-corrected chi connectivity index (χ3v) is 3.82. The molecule has 0 aliphatic carbocycles. The van der Waals surface area contributed by atoms with E-state index in [-0.39, 0.29) is 18.3 Å². The van der Waals surface area contributed by atoms with E-state index in [1.54, 1.807) is 12.1 Å². The number of hydrogen-bond acceptors (Lipinski definition) is 3. The van der Waals surface area contributed by atoms with E-state index in [0.29, 0.717) is 17.2 Å². The van der Waals surface area contributed by atoms with Gasteiger partial charge in [-0.1, -0.05) is 30.3 Å². The van der Waals surface area contributed by atoms with Crippen LogP contribution in [0.25, 0.3) is 0 Å². The first-order valence-electron chi connectivity index (χ1n) is 6.49. The molecule has 0 radical (unpaired) electrons. The summed E-state index contributed by atoms with van der Waals surface area (Å²) in [4.78, 5) is 11.7. The van der Waals surface area contributed by atoms with Crippen LogP contribution in [0.4, 0.5) is 10.1 Å². The summed E-state index contributed by atoms with van der Waals surface area (Å²) in [5, 5.41) is 11.6. The van der Waals surface area contributed by atoms with Gasteiger partial charge in [-0.25, -0.2) is 4.39 Å². The van der Waals surface area contributed by atoms with E-state index in [1.807, 2.05) is 24.3 Å². The quantitative estimate of drug-likeness (QED) is 0.861. The second-order valence-electron chi connectivity index (χ2n) is 4.53. The second-order valence-corrected chi connectivity index (χ2v) is 5.51. The van der Waals surface area contributed by atoms with Crippen LogP contribution in [0, 0.1) is 5.82 Å². The van der Waals surface area contributed by atoms with Gasteiger partial charge in [0.2, 0.25) is 5.91 Å². The zero-order valence-electron chi connectivity index (χ0n) is 11.4. The summed E-state index contributed by atoms with van der Waals surface area (Å²) in [5.74, 6) is 0.489. The largest absolute Gasteiger partial charge is 0.392 e. The van der Waals surface area contributed by atoms with Crippen LogP contribution in [0.1, 0.15) is 11.1 Å². The van der Waals surface area contributed by atoms with E-state index in [9.17, 15) is 9.18 Å². The number of anilines is 1. The Kier molecular flexibility index (Phi) is 5.78. The van der Waals surface area contributed by atoms with Crippen molar-refractivity contribution in [3.63, 3.8) is 0 Å². The Morgan fingerprint density at radius 2 is 1.86 bits per heavy atom. The highest BCUT2D eigenvalue weighted by Gasteiger charge is 2.04. The molecule has 0 fully saturated rings. The minimum absolute atomic E-state index is 0.0312. The zero-order chi connectivity index (χ0) is 15.1. The minimum Gasteiger partial charge on any atom is -0.392 e. The smallest absolute Gasteiger partial charge is 0.234 e. The molecule has 3 nitrogen and oxygen atoms in total. The van der Waals surface area contributed by atoms with Gasteiger partial charge in [-0.05, 0) is 29.3 Å². The van der Waals surface area contributed by atoms with Crippen LogP contribution in [0.5, 0.6) is 0 Å². The van der Waals surface area contributed by atoms with Crippen molar-refractivity contribution in [3.05, 3.63) is 65.5 Å². The van der Waals surface area contributed by atoms with Crippen molar-refractivity contribution in [2.45, 2.75) is 12.4 Å². The predicted octanol–water partition coefficient (Wildman–Crippen LogP) is 3.19. The molecule has 0 atom stereocenters. The number of aliphatic hydroxyl groups is 1. The van der Waals surface area contributed by atoms with Gasteiger partial charge in [-0.3, -0.25) is 4.79 Å². The van der Waals surface area contributed by atoms with Gasteiger partial charge in [0.05, 0.1) is 12.4 Å². The van der Waals surface area contributed by atoms with Crippen molar-refractivity contribution < 1.29 is 14.3 Å². The maximum atomic E-state index is 13.0.